The number of nitrogens with two attached hydrogens (primary N) is 1. The summed E-state index contributed by atoms with van der Waals surface area (Å²) in [5, 5.41) is 4.76. The van der Waals surface area contributed by atoms with E-state index in [1.54, 1.807) is 11.4 Å². The molecule has 0 aliphatic carbocycles. The minimum absolute atomic E-state index is 0.126. The molecule has 0 saturated heterocycles. The fourth-order valence-electron chi connectivity index (χ4n) is 1.72. The van der Waals surface area contributed by atoms with Gasteiger partial charge in [-0.15, -0.1) is 11.3 Å². The number of carbonyl (C=O) groups is 2. The third-order valence-electron chi connectivity index (χ3n) is 3.03. The molecule has 2 amide bonds. The maximum atomic E-state index is 11.8. The average Bonchev–Trinajstić information content (AvgIpc) is 2.88. The van der Waals surface area contributed by atoms with Crippen molar-refractivity contribution in [1.82, 2.24) is 0 Å². The fourth-order valence-corrected chi connectivity index (χ4v) is 2.52. The van der Waals surface area contributed by atoms with E-state index < -0.39 is 5.91 Å². The molecule has 5 nitrogen and oxygen atoms in total. The second-order valence-electron chi connectivity index (χ2n) is 4.61. The van der Waals surface area contributed by atoms with Gasteiger partial charge in [0, 0.05) is 0 Å². The molecule has 0 saturated carbocycles. The van der Waals surface area contributed by atoms with Gasteiger partial charge in [0.05, 0.1) is 5.56 Å². The molecule has 0 spiro atoms. The van der Waals surface area contributed by atoms with Gasteiger partial charge in [-0.3, -0.25) is 9.59 Å². The second-order valence-corrected chi connectivity index (χ2v) is 5.53. The van der Waals surface area contributed by atoms with E-state index in [9.17, 15) is 9.59 Å². The highest BCUT2D eigenvalue weighted by molar-refractivity contribution is 7.14. The van der Waals surface area contributed by atoms with Gasteiger partial charge in [-0.05, 0) is 48.6 Å². The Balaban J connectivity index is 1.94. The minimum Gasteiger partial charge on any atom is -0.484 e. The predicted octanol–water partition coefficient (Wildman–Crippen LogP) is 2.48. The first kappa shape index (κ1) is 15.1. The maximum Gasteiger partial charge on any atom is 0.262 e. The van der Waals surface area contributed by atoms with Gasteiger partial charge < -0.3 is 15.8 Å². The van der Waals surface area contributed by atoms with Crippen LogP contribution in [0.3, 0.4) is 0 Å². The van der Waals surface area contributed by atoms with Crippen LogP contribution in [-0.4, -0.2) is 18.4 Å². The van der Waals surface area contributed by atoms with Crippen molar-refractivity contribution in [1.29, 1.82) is 0 Å². The number of rotatable bonds is 5. The third-order valence-corrected chi connectivity index (χ3v) is 3.86. The summed E-state index contributed by atoms with van der Waals surface area (Å²) in [5.41, 5.74) is 7.78. The van der Waals surface area contributed by atoms with E-state index in [2.05, 4.69) is 5.32 Å². The van der Waals surface area contributed by atoms with Gasteiger partial charge >= 0.3 is 0 Å². The highest BCUT2D eigenvalue weighted by atomic mass is 32.1. The standard InChI is InChI=1S/C15H16N2O3S/c1-9-3-4-11(7-10(9)2)20-8-13(18)17-15-12(14(16)19)5-6-21-15/h3-7H,8H2,1-2H3,(H2,16,19)(H,17,18). The lowest BCUT2D eigenvalue weighted by atomic mass is 10.1. The summed E-state index contributed by atoms with van der Waals surface area (Å²) in [7, 11) is 0. The van der Waals surface area contributed by atoms with Crippen LogP contribution in [-0.2, 0) is 4.79 Å². The molecule has 1 heterocycles. The highest BCUT2D eigenvalue weighted by Crippen LogP contribution is 2.22. The lowest BCUT2D eigenvalue weighted by molar-refractivity contribution is -0.118. The van der Waals surface area contributed by atoms with Crippen molar-refractivity contribution < 1.29 is 14.3 Å². The topological polar surface area (TPSA) is 81.4 Å². The Bertz CT molecular complexity index is 679. The van der Waals surface area contributed by atoms with Crippen LogP contribution in [0.5, 0.6) is 5.75 Å². The van der Waals surface area contributed by atoms with Crippen LogP contribution in [0.15, 0.2) is 29.6 Å². The first-order chi connectivity index (χ1) is 9.97. The van der Waals surface area contributed by atoms with E-state index in [1.807, 2.05) is 32.0 Å². The Hall–Kier alpha value is -2.34. The number of amides is 2. The molecular weight excluding hydrogens is 288 g/mol. The van der Waals surface area contributed by atoms with E-state index in [0.29, 0.717) is 16.3 Å². The SMILES string of the molecule is Cc1ccc(OCC(=O)Nc2sccc2C(N)=O)cc1C. The fraction of sp³-hybridized carbons (Fsp3) is 0.200. The number of hydrogen-bond donors (Lipinski definition) is 2. The number of nitrogens with one attached hydrogen (secondary N) is 1. The summed E-state index contributed by atoms with van der Waals surface area (Å²) in [6.07, 6.45) is 0. The van der Waals surface area contributed by atoms with E-state index in [-0.39, 0.29) is 12.5 Å². The van der Waals surface area contributed by atoms with Gasteiger partial charge in [-0.25, -0.2) is 0 Å². The smallest absolute Gasteiger partial charge is 0.262 e. The summed E-state index contributed by atoms with van der Waals surface area (Å²) < 4.78 is 5.43. The zero-order valence-corrected chi connectivity index (χ0v) is 12.6. The predicted molar refractivity (Wildman–Crippen MR) is 82.9 cm³/mol. The molecule has 110 valence electrons. The Labute approximate surface area is 126 Å². The van der Waals surface area contributed by atoms with Crippen molar-refractivity contribution >= 4 is 28.2 Å². The summed E-state index contributed by atoms with van der Waals surface area (Å²) in [6.45, 7) is 3.86. The molecule has 21 heavy (non-hydrogen) atoms. The molecular formula is C15H16N2O3S. The van der Waals surface area contributed by atoms with Crippen molar-refractivity contribution in [2.24, 2.45) is 5.73 Å². The summed E-state index contributed by atoms with van der Waals surface area (Å²) in [6, 6.07) is 7.21. The van der Waals surface area contributed by atoms with Gasteiger partial charge in [0.25, 0.3) is 11.8 Å². The number of anilines is 1. The van der Waals surface area contributed by atoms with Crippen molar-refractivity contribution in [3.05, 3.63) is 46.3 Å². The molecule has 0 unspecified atom stereocenters. The minimum atomic E-state index is -0.568. The third kappa shape index (κ3) is 3.82. The van der Waals surface area contributed by atoms with Crippen LogP contribution in [0.2, 0.25) is 0 Å². The molecule has 0 fully saturated rings. The largest absolute Gasteiger partial charge is 0.484 e. The summed E-state index contributed by atoms with van der Waals surface area (Å²) in [5.74, 6) is -0.269. The zero-order valence-electron chi connectivity index (χ0n) is 11.8. The second kappa shape index (κ2) is 6.41. The average molecular weight is 304 g/mol. The summed E-state index contributed by atoms with van der Waals surface area (Å²) >= 11 is 1.24. The maximum absolute atomic E-state index is 11.8. The van der Waals surface area contributed by atoms with E-state index in [4.69, 9.17) is 10.5 Å². The monoisotopic (exact) mass is 304 g/mol. The number of primary amides is 1. The van der Waals surface area contributed by atoms with Crippen molar-refractivity contribution in [2.75, 3.05) is 11.9 Å². The number of benzene rings is 1. The molecule has 1 aromatic carbocycles. The Kier molecular flexibility index (Phi) is 4.59. The Morgan fingerprint density at radius 3 is 2.67 bits per heavy atom. The lowest BCUT2D eigenvalue weighted by Gasteiger charge is -2.08. The van der Waals surface area contributed by atoms with E-state index in [1.165, 1.54) is 11.3 Å². The number of carbonyl (C=O) groups excluding carboxylic acids is 2. The first-order valence-corrected chi connectivity index (χ1v) is 7.22. The normalized spacial score (nSPS) is 10.2. The van der Waals surface area contributed by atoms with Crippen molar-refractivity contribution in [2.45, 2.75) is 13.8 Å². The quantitative estimate of drug-likeness (QED) is 0.890. The number of thiophene rings is 1. The van der Waals surface area contributed by atoms with E-state index >= 15 is 0 Å². The molecule has 0 atom stereocenters. The molecule has 0 bridgehead atoms. The summed E-state index contributed by atoms with van der Waals surface area (Å²) in [4.78, 5) is 23.0. The Morgan fingerprint density at radius 1 is 1.24 bits per heavy atom. The van der Waals surface area contributed by atoms with Gasteiger partial charge in [-0.1, -0.05) is 6.07 Å². The number of aryl methyl sites for hydroxylation is 2. The van der Waals surface area contributed by atoms with Crippen LogP contribution in [0.25, 0.3) is 0 Å². The molecule has 1 aromatic heterocycles. The molecule has 6 heteroatoms. The molecule has 2 rings (SSSR count). The van der Waals surface area contributed by atoms with Gasteiger partial charge in [0.15, 0.2) is 6.61 Å². The highest BCUT2D eigenvalue weighted by Gasteiger charge is 2.12. The molecule has 3 N–H and O–H groups in total. The number of hydrogen-bond acceptors (Lipinski definition) is 4. The zero-order chi connectivity index (χ0) is 15.4. The number of ether oxygens (including phenoxy) is 1. The van der Waals surface area contributed by atoms with Crippen molar-refractivity contribution in [3.8, 4) is 5.75 Å². The van der Waals surface area contributed by atoms with Crippen LogP contribution in [0.4, 0.5) is 5.00 Å². The first-order valence-electron chi connectivity index (χ1n) is 6.34. The van der Waals surface area contributed by atoms with E-state index in [0.717, 1.165) is 11.1 Å². The van der Waals surface area contributed by atoms with Crippen LogP contribution >= 0.6 is 11.3 Å². The molecule has 0 aliphatic heterocycles. The van der Waals surface area contributed by atoms with Crippen molar-refractivity contribution in [3.63, 3.8) is 0 Å². The molecule has 2 aromatic rings. The Morgan fingerprint density at radius 2 is 2.00 bits per heavy atom. The van der Waals surface area contributed by atoms with Gasteiger partial charge in [0.1, 0.15) is 10.8 Å². The van der Waals surface area contributed by atoms with Crippen LogP contribution in [0.1, 0.15) is 21.5 Å². The van der Waals surface area contributed by atoms with Gasteiger partial charge in [-0.2, -0.15) is 0 Å². The lowest BCUT2D eigenvalue weighted by Crippen LogP contribution is -2.21. The van der Waals surface area contributed by atoms with Gasteiger partial charge in [0.2, 0.25) is 0 Å². The molecule has 0 aliphatic rings. The van der Waals surface area contributed by atoms with Crippen LogP contribution in [0, 0.1) is 13.8 Å². The molecule has 0 radical (unpaired) electrons. The van der Waals surface area contributed by atoms with Crippen LogP contribution < -0.4 is 15.8 Å².